The summed E-state index contributed by atoms with van der Waals surface area (Å²) in [6, 6.07) is 5.11. The van der Waals surface area contributed by atoms with E-state index in [1.165, 1.54) is 32.1 Å². The Kier molecular flexibility index (Phi) is 7.79. The molecule has 0 aromatic heterocycles. The summed E-state index contributed by atoms with van der Waals surface area (Å²) >= 11 is 0. The van der Waals surface area contributed by atoms with Crippen molar-refractivity contribution in [2.75, 3.05) is 11.5 Å². The predicted molar refractivity (Wildman–Crippen MR) is 90.3 cm³/mol. The van der Waals surface area contributed by atoms with Crippen molar-refractivity contribution in [1.82, 2.24) is 0 Å². The van der Waals surface area contributed by atoms with Crippen molar-refractivity contribution in [3.05, 3.63) is 23.8 Å². The molecule has 1 aromatic carbocycles. The largest absolute Gasteiger partial charge is 0.398 e. The number of rotatable bonds is 10. The predicted octanol–water partition coefficient (Wildman–Crippen LogP) is 4.49. The molecule has 120 valence electrons. The van der Waals surface area contributed by atoms with Crippen LogP contribution >= 0.6 is 0 Å². The van der Waals surface area contributed by atoms with Crippen LogP contribution < -0.4 is 5.73 Å². The van der Waals surface area contributed by atoms with Crippen LogP contribution in [0.15, 0.2) is 23.1 Å². The molecule has 0 aliphatic carbocycles. The van der Waals surface area contributed by atoms with Crippen molar-refractivity contribution in [3.63, 3.8) is 0 Å². The Balaban J connectivity index is 2.35. The van der Waals surface area contributed by atoms with E-state index in [9.17, 15) is 8.42 Å². The van der Waals surface area contributed by atoms with E-state index in [-0.39, 0.29) is 5.75 Å². The second-order valence-corrected chi connectivity index (χ2v) is 7.84. The van der Waals surface area contributed by atoms with Crippen molar-refractivity contribution < 1.29 is 8.42 Å². The summed E-state index contributed by atoms with van der Waals surface area (Å²) in [4.78, 5) is 0.394. The Bertz CT molecular complexity index is 524. The number of unbranched alkanes of at least 4 members (excludes halogenated alkanes) is 7. The second kappa shape index (κ2) is 9.08. The van der Waals surface area contributed by atoms with E-state index in [0.717, 1.165) is 19.3 Å². The average Bonchev–Trinajstić information content (AvgIpc) is 2.44. The first-order valence-electron chi connectivity index (χ1n) is 8.07. The molecule has 0 saturated heterocycles. The number of nitrogen functional groups attached to an aromatic ring is 1. The van der Waals surface area contributed by atoms with Crippen molar-refractivity contribution >= 4 is 15.5 Å². The molecule has 0 aliphatic heterocycles. The molecule has 0 amide bonds. The fourth-order valence-corrected chi connectivity index (χ4v) is 4.18. The molecule has 1 rings (SSSR count). The first-order valence-corrected chi connectivity index (χ1v) is 9.72. The van der Waals surface area contributed by atoms with Gasteiger partial charge in [-0.05, 0) is 31.0 Å². The molecule has 1 aromatic rings. The minimum atomic E-state index is -3.19. The Morgan fingerprint density at radius 1 is 0.952 bits per heavy atom. The molecule has 0 bridgehead atoms. The molecule has 0 heterocycles. The van der Waals surface area contributed by atoms with E-state index < -0.39 is 9.84 Å². The van der Waals surface area contributed by atoms with Crippen LogP contribution in [0.2, 0.25) is 0 Å². The van der Waals surface area contributed by atoms with E-state index in [1.807, 2.05) is 0 Å². The van der Waals surface area contributed by atoms with E-state index in [2.05, 4.69) is 6.92 Å². The van der Waals surface area contributed by atoms with Crippen molar-refractivity contribution in [2.45, 2.75) is 70.1 Å². The molecule has 0 spiro atoms. The van der Waals surface area contributed by atoms with Crippen LogP contribution in [0.5, 0.6) is 0 Å². The zero-order valence-electron chi connectivity index (χ0n) is 13.4. The topological polar surface area (TPSA) is 60.2 Å². The molecular weight excluding hydrogens is 282 g/mol. The van der Waals surface area contributed by atoms with E-state index >= 15 is 0 Å². The number of sulfone groups is 1. The number of anilines is 1. The van der Waals surface area contributed by atoms with Gasteiger partial charge in [-0.25, -0.2) is 8.42 Å². The normalized spacial score (nSPS) is 11.7. The molecule has 3 nitrogen and oxygen atoms in total. The van der Waals surface area contributed by atoms with Gasteiger partial charge in [-0.15, -0.1) is 0 Å². The SMILES string of the molecule is CCCCCCCCCCS(=O)(=O)c1cccc(N)c1C. The molecule has 21 heavy (non-hydrogen) atoms. The summed E-state index contributed by atoms with van der Waals surface area (Å²) in [6.45, 7) is 3.99. The summed E-state index contributed by atoms with van der Waals surface area (Å²) in [7, 11) is -3.19. The Labute approximate surface area is 129 Å². The second-order valence-electron chi connectivity index (χ2n) is 5.76. The van der Waals surface area contributed by atoms with Gasteiger partial charge in [0.25, 0.3) is 0 Å². The van der Waals surface area contributed by atoms with E-state index in [4.69, 9.17) is 5.73 Å². The number of hydrogen-bond acceptors (Lipinski definition) is 3. The van der Waals surface area contributed by atoms with Crippen molar-refractivity contribution in [3.8, 4) is 0 Å². The van der Waals surface area contributed by atoms with Gasteiger partial charge < -0.3 is 5.73 Å². The van der Waals surface area contributed by atoms with Gasteiger partial charge in [-0.3, -0.25) is 0 Å². The third-order valence-corrected chi connectivity index (χ3v) is 5.87. The highest BCUT2D eigenvalue weighted by Gasteiger charge is 2.17. The molecule has 0 saturated carbocycles. The molecule has 2 N–H and O–H groups in total. The van der Waals surface area contributed by atoms with E-state index in [0.29, 0.717) is 16.1 Å². The van der Waals surface area contributed by atoms with Gasteiger partial charge in [0.2, 0.25) is 0 Å². The maximum absolute atomic E-state index is 12.3. The number of benzene rings is 1. The Hall–Kier alpha value is -1.03. The highest BCUT2D eigenvalue weighted by molar-refractivity contribution is 7.91. The van der Waals surface area contributed by atoms with Crippen LogP contribution in [0, 0.1) is 6.92 Å². The van der Waals surface area contributed by atoms with Gasteiger partial charge in [0.15, 0.2) is 9.84 Å². The lowest BCUT2D eigenvalue weighted by Gasteiger charge is -2.09. The third-order valence-electron chi connectivity index (χ3n) is 3.93. The van der Waals surface area contributed by atoms with E-state index in [1.54, 1.807) is 25.1 Å². The van der Waals surface area contributed by atoms with Crippen LogP contribution in [0.3, 0.4) is 0 Å². The van der Waals surface area contributed by atoms with Gasteiger partial charge in [-0.1, -0.05) is 57.9 Å². The minimum absolute atomic E-state index is 0.228. The number of nitrogens with two attached hydrogens (primary N) is 1. The summed E-state index contributed by atoms with van der Waals surface area (Å²) in [6.07, 6.45) is 9.23. The van der Waals surface area contributed by atoms with Gasteiger partial charge in [0.05, 0.1) is 10.6 Å². The fourth-order valence-electron chi connectivity index (χ4n) is 2.50. The molecular formula is C17H29NO2S. The highest BCUT2D eigenvalue weighted by atomic mass is 32.2. The fraction of sp³-hybridized carbons (Fsp3) is 0.647. The van der Waals surface area contributed by atoms with Gasteiger partial charge >= 0.3 is 0 Å². The lowest BCUT2D eigenvalue weighted by Crippen LogP contribution is -2.09. The monoisotopic (exact) mass is 311 g/mol. The summed E-state index contributed by atoms with van der Waals surface area (Å²) < 4.78 is 24.6. The van der Waals surface area contributed by atoms with Crippen LogP contribution in [-0.4, -0.2) is 14.2 Å². The van der Waals surface area contributed by atoms with Gasteiger partial charge in [-0.2, -0.15) is 0 Å². The minimum Gasteiger partial charge on any atom is -0.398 e. The third kappa shape index (κ3) is 6.08. The first-order chi connectivity index (χ1) is 9.99. The molecule has 0 aliphatic rings. The highest BCUT2D eigenvalue weighted by Crippen LogP contribution is 2.22. The summed E-state index contributed by atoms with van der Waals surface area (Å²) in [5, 5.41) is 0. The van der Waals surface area contributed by atoms with Crippen LogP contribution in [-0.2, 0) is 9.84 Å². The van der Waals surface area contributed by atoms with Gasteiger partial charge in [0.1, 0.15) is 0 Å². The van der Waals surface area contributed by atoms with Crippen LogP contribution in [0.1, 0.15) is 63.9 Å². The lowest BCUT2D eigenvalue weighted by molar-refractivity contribution is 0.572. The zero-order valence-corrected chi connectivity index (χ0v) is 14.2. The maximum atomic E-state index is 12.3. The summed E-state index contributed by atoms with van der Waals surface area (Å²) in [5.41, 5.74) is 7.01. The van der Waals surface area contributed by atoms with Crippen LogP contribution in [0.25, 0.3) is 0 Å². The standard InChI is InChI=1S/C17H29NO2S/c1-3-4-5-6-7-8-9-10-14-21(19,20)17-13-11-12-16(18)15(17)2/h11-13H,3-10,14,18H2,1-2H3. The Morgan fingerprint density at radius 3 is 2.14 bits per heavy atom. The molecule has 0 fully saturated rings. The number of hydrogen-bond donors (Lipinski definition) is 1. The van der Waals surface area contributed by atoms with Crippen molar-refractivity contribution in [1.29, 1.82) is 0 Å². The van der Waals surface area contributed by atoms with Crippen LogP contribution in [0.4, 0.5) is 5.69 Å². The summed E-state index contributed by atoms with van der Waals surface area (Å²) in [5.74, 6) is 0.228. The first kappa shape index (κ1) is 18.0. The lowest BCUT2D eigenvalue weighted by atomic mass is 10.1. The van der Waals surface area contributed by atoms with Gasteiger partial charge in [0, 0.05) is 5.69 Å². The average molecular weight is 311 g/mol. The molecule has 4 heteroatoms. The molecule has 0 radical (unpaired) electrons. The maximum Gasteiger partial charge on any atom is 0.178 e. The quantitative estimate of drug-likeness (QED) is 0.511. The Morgan fingerprint density at radius 2 is 1.52 bits per heavy atom. The zero-order chi connectivity index (χ0) is 15.7. The van der Waals surface area contributed by atoms with Crippen molar-refractivity contribution in [2.24, 2.45) is 0 Å². The smallest absolute Gasteiger partial charge is 0.178 e. The molecule has 0 atom stereocenters. The molecule has 0 unspecified atom stereocenters.